The summed E-state index contributed by atoms with van der Waals surface area (Å²) in [6, 6.07) is 16.3. The van der Waals surface area contributed by atoms with Crippen LogP contribution in [0.25, 0.3) is 0 Å². The largest absolute Gasteiger partial charge is 0.370 e. The van der Waals surface area contributed by atoms with Gasteiger partial charge in [-0.05, 0) is 55.3 Å². The van der Waals surface area contributed by atoms with Crippen molar-refractivity contribution in [3.05, 3.63) is 83.9 Å². The van der Waals surface area contributed by atoms with Gasteiger partial charge in [0, 0.05) is 30.4 Å². The Kier molecular flexibility index (Phi) is 6.30. The van der Waals surface area contributed by atoms with E-state index in [-0.39, 0.29) is 11.6 Å². The molecule has 0 spiro atoms. The number of nitrogens with one attached hydrogen (secondary N) is 3. The molecule has 8 heteroatoms. The predicted octanol–water partition coefficient (Wildman–Crippen LogP) is 5.46. The summed E-state index contributed by atoms with van der Waals surface area (Å²) in [6.07, 6.45) is 2.08. The van der Waals surface area contributed by atoms with Crippen LogP contribution in [-0.4, -0.2) is 25.0 Å². The molecular weight excluding hydrogens is 414 g/mol. The molecule has 0 saturated carbocycles. The molecule has 1 aliphatic heterocycles. The van der Waals surface area contributed by atoms with Crippen LogP contribution in [0.4, 0.5) is 36.3 Å². The Morgan fingerprint density at radius 3 is 2.22 bits per heavy atom. The molecule has 0 aromatic heterocycles. The minimum atomic E-state index is -0.871. The van der Waals surface area contributed by atoms with Crippen LogP contribution in [0.5, 0.6) is 0 Å². The van der Waals surface area contributed by atoms with Gasteiger partial charge in [-0.25, -0.2) is 13.6 Å². The number of nitrogens with zero attached hydrogens (tertiary/aromatic N) is 1. The Labute approximate surface area is 184 Å². The molecule has 6 nitrogen and oxygen atoms in total. The maximum absolute atomic E-state index is 13.9. The molecule has 0 bridgehead atoms. The molecule has 1 saturated heterocycles. The second-order valence-corrected chi connectivity index (χ2v) is 7.45. The van der Waals surface area contributed by atoms with Gasteiger partial charge in [0.2, 0.25) is 0 Å². The molecule has 32 heavy (non-hydrogen) atoms. The number of halogens is 2. The monoisotopic (exact) mass is 436 g/mol. The van der Waals surface area contributed by atoms with E-state index >= 15 is 0 Å². The summed E-state index contributed by atoms with van der Waals surface area (Å²) in [6.45, 7) is 1.69. The fourth-order valence-electron chi connectivity index (χ4n) is 3.61. The highest BCUT2D eigenvalue weighted by molar-refractivity contribution is 6.06. The van der Waals surface area contributed by atoms with Gasteiger partial charge >= 0.3 is 6.03 Å². The fraction of sp³-hybridized carbons (Fsp3) is 0.167. The first-order valence-electron chi connectivity index (χ1n) is 10.3. The Balaban J connectivity index is 1.55. The standard InChI is InChI=1S/C24H22F2N4O2/c25-17-8-10-20(19(26)14-17)28-24(32)29-21-15-18(9-11-22(21)30-12-4-5-13-30)27-23(31)16-6-2-1-3-7-16/h1-3,6-11,14-15H,4-5,12-13H2,(H,27,31)(H2,28,29,32). The molecule has 1 aliphatic rings. The molecule has 3 amide bonds. The second-order valence-electron chi connectivity index (χ2n) is 7.45. The normalized spacial score (nSPS) is 13.0. The molecular formula is C24H22F2N4O2. The van der Waals surface area contributed by atoms with Crippen LogP contribution >= 0.6 is 0 Å². The van der Waals surface area contributed by atoms with Gasteiger partial charge in [-0.1, -0.05) is 18.2 Å². The minimum Gasteiger partial charge on any atom is -0.370 e. The van der Waals surface area contributed by atoms with Crippen molar-refractivity contribution in [2.45, 2.75) is 12.8 Å². The zero-order valence-electron chi connectivity index (χ0n) is 17.2. The van der Waals surface area contributed by atoms with Crippen LogP contribution in [0, 0.1) is 11.6 Å². The first-order chi connectivity index (χ1) is 15.5. The van der Waals surface area contributed by atoms with Crippen molar-refractivity contribution in [2.75, 3.05) is 33.9 Å². The van der Waals surface area contributed by atoms with E-state index in [1.54, 1.807) is 36.4 Å². The first kappa shape index (κ1) is 21.3. The van der Waals surface area contributed by atoms with Crippen LogP contribution in [-0.2, 0) is 0 Å². The number of rotatable bonds is 5. The van der Waals surface area contributed by atoms with Gasteiger partial charge in [-0.15, -0.1) is 0 Å². The third-order valence-corrected chi connectivity index (χ3v) is 5.16. The van der Waals surface area contributed by atoms with Crippen molar-refractivity contribution in [3.63, 3.8) is 0 Å². The maximum atomic E-state index is 13.9. The molecule has 1 fully saturated rings. The number of urea groups is 1. The maximum Gasteiger partial charge on any atom is 0.323 e. The van der Waals surface area contributed by atoms with Gasteiger partial charge in [0.25, 0.3) is 5.91 Å². The Hall–Kier alpha value is -3.94. The topological polar surface area (TPSA) is 73.5 Å². The molecule has 1 heterocycles. The number of carbonyl (C=O) groups excluding carboxylic acids is 2. The highest BCUT2D eigenvalue weighted by Gasteiger charge is 2.19. The van der Waals surface area contributed by atoms with Crippen molar-refractivity contribution < 1.29 is 18.4 Å². The predicted molar refractivity (Wildman–Crippen MR) is 121 cm³/mol. The molecule has 3 aromatic carbocycles. The van der Waals surface area contributed by atoms with E-state index in [0.717, 1.165) is 43.8 Å². The number of hydrogen-bond acceptors (Lipinski definition) is 3. The van der Waals surface area contributed by atoms with Crippen LogP contribution in [0.1, 0.15) is 23.2 Å². The van der Waals surface area contributed by atoms with Crippen LogP contribution in [0.2, 0.25) is 0 Å². The average molecular weight is 436 g/mol. The number of amides is 3. The van der Waals surface area contributed by atoms with E-state index in [1.165, 1.54) is 0 Å². The fourth-order valence-corrected chi connectivity index (χ4v) is 3.61. The van der Waals surface area contributed by atoms with E-state index in [2.05, 4.69) is 20.9 Å². The quantitative estimate of drug-likeness (QED) is 0.497. The van der Waals surface area contributed by atoms with Crippen LogP contribution < -0.4 is 20.9 Å². The summed E-state index contributed by atoms with van der Waals surface area (Å²) >= 11 is 0. The lowest BCUT2D eigenvalue weighted by Gasteiger charge is -2.22. The highest BCUT2D eigenvalue weighted by atomic mass is 19.1. The van der Waals surface area contributed by atoms with E-state index in [0.29, 0.717) is 23.0 Å². The summed E-state index contributed by atoms with van der Waals surface area (Å²) in [4.78, 5) is 27.2. The zero-order chi connectivity index (χ0) is 22.5. The molecule has 4 rings (SSSR count). The number of carbonyl (C=O) groups is 2. The molecule has 164 valence electrons. The molecule has 0 unspecified atom stereocenters. The lowest BCUT2D eigenvalue weighted by molar-refractivity contribution is 0.102. The number of benzene rings is 3. The Morgan fingerprint density at radius 1 is 0.781 bits per heavy atom. The van der Waals surface area contributed by atoms with Crippen molar-refractivity contribution in [3.8, 4) is 0 Å². The van der Waals surface area contributed by atoms with Crippen LogP contribution in [0.15, 0.2) is 66.7 Å². The lowest BCUT2D eigenvalue weighted by atomic mass is 10.2. The molecule has 0 atom stereocenters. The molecule has 0 radical (unpaired) electrons. The Bertz CT molecular complexity index is 1130. The summed E-state index contributed by atoms with van der Waals surface area (Å²) < 4.78 is 27.0. The van der Waals surface area contributed by atoms with Gasteiger partial charge in [-0.2, -0.15) is 0 Å². The average Bonchev–Trinajstić information content (AvgIpc) is 3.31. The SMILES string of the molecule is O=C(Nc1ccc(F)cc1F)Nc1cc(NC(=O)c2ccccc2)ccc1N1CCCC1. The highest BCUT2D eigenvalue weighted by Crippen LogP contribution is 2.32. The zero-order valence-corrected chi connectivity index (χ0v) is 17.2. The number of anilines is 4. The molecule has 3 aromatic rings. The van der Waals surface area contributed by atoms with E-state index in [9.17, 15) is 18.4 Å². The van der Waals surface area contributed by atoms with E-state index < -0.39 is 17.7 Å². The van der Waals surface area contributed by atoms with Gasteiger partial charge in [-0.3, -0.25) is 4.79 Å². The summed E-state index contributed by atoms with van der Waals surface area (Å²) in [7, 11) is 0. The number of hydrogen-bond donors (Lipinski definition) is 3. The van der Waals surface area contributed by atoms with Gasteiger partial charge in [0.1, 0.15) is 11.6 Å². The van der Waals surface area contributed by atoms with Gasteiger partial charge in [0.05, 0.1) is 17.1 Å². The summed E-state index contributed by atoms with van der Waals surface area (Å²) in [5.41, 5.74) is 2.15. The summed E-state index contributed by atoms with van der Waals surface area (Å²) in [5, 5.41) is 7.94. The van der Waals surface area contributed by atoms with Crippen molar-refractivity contribution in [1.29, 1.82) is 0 Å². The van der Waals surface area contributed by atoms with Crippen molar-refractivity contribution in [2.24, 2.45) is 0 Å². The van der Waals surface area contributed by atoms with E-state index in [1.807, 2.05) is 12.1 Å². The second kappa shape index (κ2) is 9.47. The van der Waals surface area contributed by atoms with Gasteiger partial charge in [0.15, 0.2) is 0 Å². The third-order valence-electron chi connectivity index (χ3n) is 5.16. The molecule has 3 N–H and O–H groups in total. The van der Waals surface area contributed by atoms with Crippen molar-refractivity contribution >= 4 is 34.7 Å². The smallest absolute Gasteiger partial charge is 0.323 e. The Morgan fingerprint density at radius 2 is 1.50 bits per heavy atom. The minimum absolute atomic E-state index is 0.139. The lowest BCUT2D eigenvalue weighted by Crippen LogP contribution is -2.24. The van der Waals surface area contributed by atoms with E-state index in [4.69, 9.17) is 0 Å². The van der Waals surface area contributed by atoms with Crippen molar-refractivity contribution in [1.82, 2.24) is 0 Å². The van der Waals surface area contributed by atoms with Crippen LogP contribution in [0.3, 0.4) is 0 Å². The van der Waals surface area contributed by atoms with Gasteiger partial charge < -0.3 is 20.9 Å². The third kappa shape index (κ3) is 5.03. The first-order valence-corrected chi connectivity index (χ1v) is 10.3. The molecule has 0 aliphatic carbocycles. The summed E-state index contributed by atoms with van der Waals surface area (Å²) in [5.74, 6) is -1.88.